The predicted octanol–water partition coefficient (Wildman–Crippen LogP) is 3.15. The van der Waals surface area contributed by atoms with Crippen LogP contribution in [0.4, 0.5) is 0 Å². The van der Waals surface area contributed by atoms with E-state index >= 15 is 0 Å². The maximum Gasteiger partial charge on any atom is 0.224 e. The highest BCUT2D eigenvalue weighted by atomic mass is 28.3. The van der Waals surface area contributed by atoms with E-state index in [9.17, 15) is 0 Å². The molecule has 76 valence electrons. The van der Waals surface area contributed by atoms with Crippen LogP contribution >= 0.6 is 0 Å². The summed E-state index contributed by atoms with van der Waals surface area (Å²) in [5.74, 6) is 0. The van der Waals surface area contributed by atoms with Crippen molar-refractivity contribution in [2.75, 3.05) is 0 Å². The van der Waals surface area contributed by atoms with Crippen LogP contribution in [0, 0.1) is 0 Å². The first-order chi connectivity index (χ1) is 6.28. The largest absolute Gasteiger partial charge is 0.409 e. The molecule has 0 N–H and O–H groups in total. The van der Waals surface area contributed by atoms with E-state index in [-0.39, 0.29) is 0 Å². The Morgan fingerprint density at radius 2 is 1.92 bits per heavy atom. The lowest BCUT2D eigenvalue weighted by Gasteiger charge is -2.18. The fourth-order valence-corrected chi connectivity index (χ4v) is 2.42. The summed E-state index contributed by atoms with van der Waals surface area (Å²) in [6, 6.07) is 0. The van der Waals surface area contributed by atoms with Gasteiger partial charge >= 0.3 is 0 Å². The summed E-state index contributed by atoms with van der Waals surface area (Å²) in [6.45, 7) is 11.9. The quantitative estimate of drug-likeness (QED) is 0.544. The van der Waals surface area contributed by atoms with E-state index in [0.717, 1.165) is 6.42 Å². The minimum absolute atomic E-state index is 0.424. The van der Waals surface area contributed by atoms with Crippen LogP contribution in [0.15, 0.2) is 24.6 Å². The number of rotatable bonds is 8. The standard InChI is InChI=1S/C11H22OSi/c1-5-9-10-11(6-2)12-13(7-3)8-4/h7-8,11,13H,3-6,9-10H2,1-2H3. The third kappa shape index (κ3) is 5.83. The maximum atomic E-state index is 5.90. The van der Waals surface area contributed by atoms with Crippen molar-refractivity contribution in [3.63, 3.8) is 0 Å². The second kappa shape index (κ2) is 8.26. The van der Waals surface area contributed by atoms with Crippen LogP contribution in [0.25, 0.3) is 0 Å². The zero-order valence-electron chi connectivity index (χ0n) is 8.96. The first-order valence-corrected chi connectivity index (χ1v) is 6.99. The van der Waals surface area contributed by atoms with Crippen LogP contribution in [-0.4, -0.2) is 15.1 Å². The minimum atomic E-state index is -1.28. The molecule has 0 fully saturated rings. The van der Waals surface area contributed by atoms with Gasteiger partial charge in [0.05, 0.1) is 0 Å². The SMILES string of the molecule is C=C[SiH](C=C)OC(CC)CCCC. The zero-order valence-corrected chi connectivity index (χ0v) is 10.1. The van der Waals surface area contributed by atoms with E-state index in [1.807, 2.05) is 11.4 Å². The van der Waals surface area contributed by atoms with Crippen molar-refractivity contribution < 1.29 is 4.43 Å². The number of hydrogen-bond acceptors (Lipinski definition) is 1. The first-order valence-electron chi connectivity index (χ1n) is 5.19. The van der Waals surface area contributed by atoms with Gasteiger partial charge in [0.1, 0.15) is 0 Å². The second-order valence-corrected chi connectivity index (χ2v) is 5.39. The van der Waals surface area contributed by atoms with Crippen molar-refractivity contribution in [1.29, 1.82) is 0 Å². The lowest BCUT2D eigenvalue weighted by atomic mass is 10.1. The Morgan fingerprint density at radius 3 is 2.31 bits per heavy atom. The molecule has 0 saturated carbocycles. The molecule has 0 heterocycles. The lowest BCUT2D eigenvalue weighted by Crippen LogP contribution is -2.22. The van der Waals surface area contributed by atoms with Crippen molar-refractivity contribution in [2.45, 2.75) is 45.6 Å². The molecule has 0 saturated heterocycles. The smallest absolute Gasteiger partial charge is 0.224 e. The Labute approximate surface area is 84.2 Å². The monoisotopic (exact) mass is 198 g/mol. The van der Waals surface area contributed by atoms with Gasteiger partial charge < -0.3 is 4.43 Å². The van der Waals surface area contributed by atoms with Crippen molar-refractivity contribution in [3.05, 3.63) is 24.6 Å². The van der Waals surface area contributed by atoms with Gasteiger partial charge in [-0.1, -0.05) is 38.1 Å². The third-order valence-corrected chi connectivity index (χ3v) is 3.78. The topological polar surface area (TPSA) is 9.23 Å². The number of hydrogen-bond donors (Lipinski definition) is 0. The van der Waals surface area contributed by atoms with Crippen LogP contribution in [0.1, 0.15) is 39.5 Å². The van der Waals surface area contributed by atoms with Crippen LogP contribution < -0.4 is 0 Å². The van der Waals surface area contributed by atoms with Crippen LogP contribution in [0.3, 0.4) is 0 Å². The molecule has 0 radical (unpaired) electrons. The van der Waals surface area contributed by atoms with Crippen molar-refractivity contribution in [1.82, 2.24) is 0 Å². The summed E-state index contributed by atoms with van der Waals surface area (Å²) in [5.41, 5.74) is 3.86. The van der Waals surface area contributed by atoms with Crippen LogP contribution in [-0.2, 0) is 4.43 Å². The van der Waals surface area contributed by atoms with Gasteiger partial charge in [-0.25, -0.2) is 0 Å². The average molecular weight is 198 g/mol. The Balaban J connectivity index is 3.80. The van der Waals surface area contributed by atoms with Crippen molar-refractivity contribution >= 4 is 9.04 Å². The maximum absolute atomic E-state index is 5.90. The fraction of sp³-hybridized carbons (Fsp3) is 0.636. The molecule has 1 atom stereocenters. The Hall–Kier alpha value is -0.343. The Kier molecular flexibility index (Phi) is 8.05. The molecule has 13 heavy (non-hydrogen) atoms. The zero-order chi connectivity index (χ0) is 10.1. The van der Waals surface area contributed by atoms with Crippen molar-refractivity contribution in [2.24, 2.45) is 0 Å². The summed E-state index contributed by atoms with van der Waals surface area (Å²) in [5, 5.41) is 0. The molecule has 0 aromatic rings. The summed E-state index contributed by atoms with van der Waals surface area (Å²) >= 11 is 0. The van der Waals surface area contributed by atoms with Gasteiger partial charge in [0.2, 0.25) is 9.04 Å². The molecule has 0 spiro atoms. The third-order valence-electron chi connectivity index (χ3n) is 2.15. The molecule has 1 unspecified atom stereocenters. The fourth-order valence-electron chi connectivity index (χ4n) is 1.23. The molecule has 1 nitrogen and oxygen atoms in total. The van der Waals surface area contributed by atoms with Gasteiger partial charge in [-0.15, -0.1) is 13.2 Å². The molecule has 2 heteroatoms. The van der Waals surface area contributed by atoms with Gasteiger partial charge in [-0.05, 0) is 12.8 Å². The van der Waals surface area contributed by atoms with Gasteiger partial charge in [0.15, 0.2) is 0 Å². The lowest BCUT2D eigenvalue weighted by molar-refractivity contribution is 0.189. The molecule has 0 amide bonds. The first kappa shape index (κ1) is 12.7. The van der Waals surface area contributed by atoms with Crippen LogP contribution in [0.2, 0.25) is 0 Å². The van der Waals surface area contributed by atoms with Gasteiger partial charge in [-0.2, -0.15) is 0 Å². The molecular formula is C11H22OSi. The Morgan fingerprint density at radius 1 is 1.31 bits per heavy atom. The van der Waals surface area contributed by atoms with E-state index in [1.54, 1.807) is 0 Å². The molecule has 0 aliphatic heterocycles. The minimum Gasteiger partial charge on any atom is -0.409 e. The normalized spacial score (nSPS) is 12.8. The summed E-state index contributed by atoms with van der Waals surface area (Å²) in [7, 11) is -1.28. The van der Waals surface area contributed by atoms with E-state index in [4.69, 9.17) is 4.43 Å². The highest BCUT2D eigenvalue weighted by Crippen LogP contribution is 2.10. The van der Waals surface area contributed by atoms with Crippen molar-refractivity contribution in [3.8, 4) is 0 Å². The van der Waals surface area contributed by atoms with E-state index < -0.39 is 9.04 Å². The molecule has 0 aliphatic rings. The molecule has 0 rings (SSSR count). The van der Waals surface area contributed by atoms with Gasteiger partial charge in [0.25, 0.3) is 0 Å². The van der Waals surface area contributed by atoms with Gasteiger partial charge in [0, 0.05) is 6.10 Å². The van der Waals surface area contributed by atoms with E-state index in [1.165, 1.54) is 19.3 Å². The highest BCUT2D eigenvalue weighted by molar-refractivity contribution is 6.62. The van der Waals surface area contributed by atoms with E-state index in [0.29, 0.717) is 6.10 Å². The average Bonchev–Trinajstić information content (AvgIpc) is 2.19. The van der Waals surface area contributed by atoms with E-state index in [2.05, 4.69) is 27.0 Å². The molecule has 0 aromatic heterocycles. The van der Waals surface area contributed by atoms with Crippen LogP contribution in [0.5, 0.6) is 0 Å². The summed E-state index contributed by atoms with van der Waals surface area (Å²) in [6.07, 6.45) is 5.21. The molecular weight excluding hydrogens is 176 g/mol. The molecule has 0 aromatic carbocycles. The second-order valence-electron chi connectivity index (χ2n) is 3.24. The Bertz CT molecular complexity index is 137. The number of unbranched alkanes of at least 4 members (excludes halogenated alkanes) is 1. The predicted molar refractivity (Wildman–Crippen MR) is 62.2 cm³/mol. The summed E-state index contributed by atoms with van der Waals surface area (Å²) < 4.78 is 5.90. The highest BCUT2D eigenvalue weighted by Gasteiger charge is 2.10. The van der Waals surface area contributed by atoms with Gasteiger partial charge in [-0.3, -0.25) is 0 Å². The molecule has 0 bridgehead atoms. The molecule has 0 aliphatic carbocycles. The summed E-state index contributed by atoms with van der Waals surface area (Å²) in [4.78, 5) is 0.